The maximum absolute atomic E-state index is 11.3. The SMILES string of the molecule is CC(C)C(=O)N1CCCC1.CC(C)C(C)(C)O.CC(C)CN1CCCC1.CCC(C)C. The van der Waals surface area contributed by atoms with E-state index in [0.29, 0.717) is 11.8 Å². The van der Waals surface area contributed by atoms with Crippen LogP contribution in [-0.2, 0) is 4.79 Å². The summed E-state index contributed by atoms with van der Waals surface area (Å²) >= 11 is 0. The molecule has 0 spiro atoms. The Hall–Kier alpha value is -0.610. The van der Waals surface area contributed by atoms with Crippen molar-refractivity contribution in [1.82, 2.24) is 9.80 Å². The van der Waals surface area contributed by atoms with E-state index in [1.165, 1.54) is 51.7 Å². The third-order valence-corrected chi connectivity index (χ3v) is 5.96. The lowest BCUT2D eigenvalue weighted by atomic mass is 9.95. The number of carbonyl (C=O) groups excluding carboxylic acids is 1. The van der Waals surface area contributed by atoms with Gasteiger partial charge in [0.15, 0.2) is 0 Å². The summed E-state index contributed by atoms with van der Waals surface area (Å²) in [5.41, 5.74) is -0.500. The molecule has 4 nitrogen and oxygen atoms in total. The molecule has 0 aromatic rings. The van der Waals surface area contributed by atoms with Crippen molar-refractivity contribution in [3.05, 3.63) is 0 Å². The Morgan fingerprint density at radius 3 is 1.42 bits per heavy atom. The first-order chi connectivity index (χ1) is 14.2. The van der Waals surface area contributed by atoms with Gasteiger partial charge < -0.3 is 14.9 Å². The second-order valence-electron chi connectivity index (χ2n) is 11.2. The zero-order valence-corrected chi connectivity index (χ0v) is 23.1. The molecule has 2 fully saturated rings. The third kappa shape index (κ3) is 19.8. The molecule has 0 atom stereocenters. The van der Waals surface area contributed by atoms with Gasteiger partial charge in [-0.2, -0.15) is 0 Å². The van der Waals surface area contributed by atoms with Crippen molar-refractivity contribution in [2.45, 2.75) is 114 Å². The number of nitrogens with zero attached hydrogens (tertiary/aromatic N) is 2. The summed E-state index contributed by atoms with van der Waals surface area (Å²) in [6.07, 6.45) is 6.54. The van der Waals surface area contributed by atoms with Crippen LogP contribution in [0.2, 0.25) is 0 Å². The summed E-state index contributed by atoms with van der Waals surface area (Å²) in [7, 11) is 0. The van der Waals surface area contributed by atoms with Crippen LogP contribution < -0.4 is 0 Å². The number of carbonyl (C=O) groups is 1. The fourth-order valence-corrected chi connectivity index (χ4v) is 2.78. The molecule has 4 heteroatoms. The number of hydrogen-bond donors (Lipinski definition) is 1. The molecule has 0 saturated carbocycles. The van der Waals surface area contributed by atoms with Crippen LogP contribution in [0.25, 0.3) is 0 Å². The second kappa shape index (κ2) is 17.9. The Morgan fingerprint density at radius 1 is 0.806 bits per heavy atom. The predicted octanol–water partition coefficient (Wildman–Crippen LogP) is 6.47. The molecule has 0 aromatic heterocycles. The maximum atomic E-state index is 11.3. The van der Waals surface area contributed by atoms with Crippen LogP contribution >= 0.6 is 0 Å². The Bertz CT molecular complexity index is 413. The molecule has 0 unspecified atom stereocenters. The summed E-state index contributed by atoms with van der Waals surface area (Å²) in [5.74, 6) is 2.58. The van der Waals surface area contributed by atoms with Gasteiger partial charge >= 0.3 is 0 Å². The van der Waals surface area contributed by atoms with E-state index in [-0.39, 0.29) is 5.92 Å². The van der Waals surface area contributed by atoms with Gasteiger partial charge in [-0.05, 0) is 70.4 Å². The van der Waals surface area contributed by atoms with Crippen LogP contribution in [0.5, 0.6) is 0 Å². The molecule has 188 valence electrons. The van der Waals surface area contributed by atoms with Crippen LogP contribution in [0.4, 0.5) is 0 Å². The van der Waals surface area contributed by atoms with Crippen molar-refractivity contribution >= 4 is 5.91 Å². The van der Waals surface area contributed by atoms with E-state index in [9.17, 15) is 4.79 Å². The van der Waals surface area contributed by atoms with E-state index < -0.39 is 5.60 Å². The molecular weight excluding hydrogens is 384 g/mol. The fourth-order valence-electron chi connectivity index (χ4n) is 2.78. The van der Waals surface area contributed by atoms with Gasteiger partial charge in [0.25, 0.3) is 0 Å². The van der Waals surface area contributed by atoms with Gasteiger partial charge in [0.2, 0.25) is 5.91 Å². The lowest BCUT2D eigenvalue weighted by molar-refractivity contribution is -0.133. The quantitative estimate of drug-likeness (QED) is 0.530. The van der Waals surface area contributed by atoms with Gasteiger partial charge in [-0.25, -0.2) is 0 Å². The molecule has 2 aliphatic heterocycles. The zero-order valence-electron chi connectivity index (χ0n) is 23.1. The topological polar surface area (TPSA) is 43.8 Å². The average Bonchev–Trinajstić information content (AvgIpc) is 3.35. The fraction of sp³-hybridized carbons (Fsp3) is 0.963. The zero-order chi connectivity index (χ0) is 24.6. The van der Waals surface area contributed by atoms with Crippen molar-refractivity contribution in [2.24, 2.45) is 23.7 Å². The molecule has 1 N–H and O–H groups in total. The molecule has 2 aliphatic rings. The van der Waals surface area contributed by atoms with E-state index >= 15 is 0 Å². The number of rotatable bonds is 5. The van der Waals surface area contributed by atoms with E-state index in [2.05, 4.69) is 39.5 Å². The van der Waals surface area contributed by atoms with E-state index in [0.717, 1.165) is 24.9 Å². The molecule has 0 aliphatic carbocycles. The highest BCUT2D eigenvalue weighted by Gasteiger charge is 2.19. The van der Waals surface area contributed by atoms with Crippen LogP contribution in [-0.4, -0.2) is 59.1 Å². The van der Waals surface area contributed by atoms with E-state index in [1.807, 2.05) is 46.4 Å². The number of amides is 1. The first kappa shape index (κ1) is 32.6. The monoisotopic (exact) mass is 442 g/mol. The molecule has 0 bridgehead atoms. The van der Waals surface area contributed by atoms with Gasteiger partial charge in [0, 0.05) is 25.6 Å². The van der Waals surface area contributed by atoms with Crippen LogP contribution in [0.15, 0.2) is 0 Å². The largest absolute Gasteiger partial charge is 0.390 e. The minimum Gasteiger partial charge on any atom is -0.390 e. The van der Waals surface area contributed by atoms with Gasteiger partial charge in [-0.3, -0.25) is 4.79 Å². The molecule has 0 aromatic carbocycles. The Morgan fingerprint density at radius 2 is 1.16 bits per heavy atom. The normalized spacial score (nSPS) is 16.7. The van der Waals surface area contributed by atoms with Gasteiger partial charge in [-0.1, -0.05) is 68.7 Å². The van der Waals surface area contributed by atoms with E-state index in [4.69, 9.17) is 5.11 Å². The van der Waals surface area contributed by atoms with Gasteiger partial charge in [0.1, 0.15) is 0 Å². The first-order valence-electron chi connectivity index (χ1n) is 13.0. The Labute approximate surface area is 196 Å². The van der Waals surface area contributed by atoms with E-state index in [1.54, 1.807) is 0 Å². The summed E-state index contributed by atoms with van der Waals surface area (Å²) < 4.78 is 0. The summed E-state index contributed by atoms with van der Waals surface area (Å²) in [6.45, 7) is 28.7. The maximum Gasteiger partial charge on any atom is 0.225 e. The lowest BCUT2D eigenvalue weighted by Crippen LogP contribution is -2.31. The molecule has 31 heavy (non-hydrogen) atoms. The summed E-state index contributed by atoms with van der Waals surface area (Å²) in [6, 6.07) is 0. The minimum atomic E-state index is -0.500. The van der Waals surface area contributed by atoms with Gasteiger partial charge in [0.05, 0.1) is 5.60 Å². The highest BCUT2D eigenvalue weighted by atomic mass is 16.3. The van der Waals surface area contributed by atoms with Gasteiger partial charge in [-0.15, -0.1) is 0 Å². The molecule has 2 saturated heterocycles. The molecule has 0 radical (unpaired) electrons. The summed E-state index contributed by atoms with van der Waals surface area (Å²) in [4.78, 5) is 15.8. The van der Waals surface area contributed by atoms with Crippen LogP contribution in [0, 0.1) is 23.7 Å². The smallest absolute Gasteiger partial charge is 0.225 e. The number of hydrogen-bond acceptors (Lipinski definition) is 3. The van der Waals surface area contributed by atoms with Crippen molar-refractivity contribution in [2.75, 3.05) is 32.7 Å². The van der Waals surface area contributed by atoms with Crippen molar-refractivity contribution in [1.29, 1.82) is 0 Å². The average molecular weight is 443 g/mol. The summed E-state index contributed by atoms with van der Waals surface area (Å²) in [5, 5.41) is 9.09. The molecule has 2 heterocycles. The second-order valence-corrected chi connectivity index (χ2v) is 11.2. The molecule has 2 rings (SSSR count). The molecule has 1 amide bonds. The first-order valence-corrected chi connectivity index (χ1v) is 13.0. The van der Waals surface area contributed by atoms with Crippen LogP contribution in [0.1, 0.15) is 108 Å². The standard InChI is InChI=1S/C8H15NO.C8H17N.C6H14O.C5H12/c1-7(2)8(10)9-5-3-4-6-9;1-8(2)7-9-5-3-4-6-9;1-5(2)6(3,4)7;1-4-5(2)3/h7H,3-6H2,1-2H3;8H,3-7H2,1-2H3;5,7H,1-4H3;5H,4H2,1-3H3. The Kier molecular flexibility index (Phi) is 18.8. The lowest BCUT2D eigenvalue weighted by Gasteiger charge is -2.21. The highest BCUT2D eigenvalue weighted by molar-refractivity contribution is 5.78. The number of aliphatic hydroxyl groups is 1. The van der Waals surface area contributed by atoms with Crippen molar-refractivity contribution in [3.63, 3.8) is 0 Å². The highest BCUT2D eigenvalue weighted by Crippen LogP contribution is 2.13. The minimum absolute atomic E-state index is 0.179. The van der Waals surface area contributed by atoms with Crippen LogP contribution in [0.3, 0.4) is 0 Å². The van der Waals surface area contributed by atoms with Crippen molar-refractivity contribution < 1.29 is 9.90 Å². The number of likely N-dealkylation sites (tertiary alicyclic amines) is 2. The van der Waals surface area contributed by atoms with Crippen molar-refractivity contribution in [3.8, 4) is 0 Å². The Balaban J connectivity index is 0. The molecular formula is C27H58N2O2. The predicted molar refractivity (Wildman–Crippen MR) is 137 cm³/mol. The third-order valence-electron chi connectivity index (χ3n) is 5.96.